The molecule has 19 heavy (non-hydrogen) atoms. The van der Waals surface area contributed by atoms with Gasteiger partial charge >= 0.3 is 0 Å². The van der Waals surface area contributed by atoms with Gasteiger partial charge in [0.2, 0.25) is 5.91 Å². The summed E-state index contributed by atoms with van der Waals surface area (Å²) >= 11 is 8.30. The molecule has 3 N–H and O–H groups in total. The highest BCUT2D eigenvalue weighted by molar-refractivity contribution is 9.10. The molecule has 0 heterocycles. The van der Waals surface area contributed by atoms with Gasteiger partial charge in [-0.3, -0.25) is 4.79 Å². The Bertz CT molecular complexity index is 492. The number of hydrogen-bond donors (Lipinski definition) is 2. The Balaban J connectivity index is 2.98. The molecule has 1 aromatic carbocycles. The largest absolute Gasteiger partial charge is 0.495 e. The van der Waals surface area contributed by atoms with Gasteiger partial charge in [0.1, 0.15) is 5.75 Å². The summed E-state index contributed by atoms with van der Waals surface area (Å²) in [6, 6.07) is 5.38. The first-order valence-corrected chi connectivity index (χ1v) is 7.00. The molecule has 104 valence electrons. The number of nitrogens with two attached hydrogens (primary N) is 1. The summed E-state index contributed by atoms with van der Waals surface area (Å²) < 4.78 is 6.05. The van der Waals surface area contributed by atoms with Gasteiger partial charge in [0, 0.05) is 4.47 Å². The molecule has 1 unspecified atom stereocenters. The maximum absolute atomic E-state index is 12.2. The molecule has 1 aromatic rings. The van der Waals surface area contributed by atoms with Gasteiger partial charge in [0.15, 0.2) is 0 Å². The van der Waals surface area contributed by atoms with Crippen LogP contribution in [0.2, 0.25) is 0 Å². The van der Waals surface area contributed by atoms with Gasteiger partial charge in [0.25, 0.3) is 0 Å². The van der Waals surface area contributed by atoms with Crippen LogP contribution >= 0.6 is 28.1 Å². The highest BCUT2D eigenvalue weighted by atomic mass is 79.9. The number of anilines is 1. The quantitative estimate of drug-likeness (QED) is 0.806. The molecule has 0 saturated heterocycles. The number of nitrogens with one attached hydrogen (secondary N) is 1. The van der Waals surface area contributed by atoms with Crippen molar-refractivity contribution in [3.63, 3.8) is 0 Å². The number of ether oxygens (including phenoxy) is 1. The van der Waals surface area contributed by atoms with E-state index in [4.69, 9.17) is 22.7 Å². The van der Waals surface area contributed by atoms with Gasteiger partial charge in [-0.1, -0.05) is 42.0 Å². The van der Waals surface area contributed by atoms with Crippen molar-refractivity contribution in [2.45, 2.75) is 13.8 Å². The summed E-state index contributed by atoms with van der Waals surface area (Å²) in [4.78, 5) is 12.4. The standard InChI is InChI=1S/C13H17BrN2O2S/c1-7(2)11(12(15)19)13(17)16-9-6-8(14)4-5-10(9)18-3/h4-7,11H,1-3H3,(H2,15,19)(H,16,17). The number of rotatable bonds is 5. The molecular weight excluding hydrogens is 328 g/mol. The Hall–Kier alpha value is -1.14. The van der Waals surface area contributed by atoms with Crippen molar-refractivity contribution in [2.24, 2.45) is 17.6 Å². The van der Waals surface area contributed by atoms with Crippen LogP contribution in [-0.2, 0) is 4.79 Å². The van der Waals surface area contributed by atoms with Crippen molar-refractivity contribution in [3.05, 3.63) is 22.7 Å². The second-order valence-electron chi connectivity index (χ2n) is 4.46. The zero-order valence-electron chi connectivity index (χ0n) is 11.1. The third kappa shape index (κ3) is 4.18. The first-order chi connectivity index (χ1) is 8.86. The predicted molar refractivity (Wildman–Crippen MR) is 84.4 cm³/mol. The molecule has 4 nitrogen and oxygen atoms in total. The van der Waals surface area contributed by atoms with Crippen LogP contribution in [-0.4, -0.2) is 18.0 Å². The van der Waals surface area contributed by atoms with Gasteiger partial charge < -0.3 is 15.8 Å². The second kappa shape index (κ2) is 6.86. The van der Waals surface area contributed by atoms with Crippen molar-refractivity contribution in [1.29, 1.82) is 0 Å². The zero-order valence-corrected chi connectivity index (χ0v) is 13.5. The van der Waals surface area contributed by atoms with Crippen LogP contribution in [0.15, 0.2) is 22.7 Å². The van der Waals surface area contributed by atoms with Crippen LogP contribution < -0.4 is 15.8 Å². The van der Waals surface area contributed by atoms with E-state index < -0.39 is 5.92 Å². The Morgan fingerprint density at radius 2 is 2.11 bits per heavy atom. The Labute approximate surface area is 126 Å². The van der Waals surface area contributed by atoms with Gasteiger partial charge in [-0.25, -0.2) is 0 Å². The molecule has 0 spiro atoms. The Morgan fingerprint density at radius 3 is 2.58 bits per heavy atom. The maximum Gasteiger partial charge on any atom is 0.234 e. The average molecular weight is 345 g/mol. The first kappa shape index (κ1) is 15.9. The lowest BCUT2D eigenvalue weighted by Gasteiger charge is -2.19. The third-order valence-corrected chi connectivity index (χ3v) is 3.42. The van der Waals surface area contributed by atoms with Crippen LogP contribution in [0.5, 0.6) is 5.75 Å². The van der Waals surface area contributed by atoms with E-state index in [1.54, 1.807) is 19.2 Å². The van der Waals surface area contributed by atoms with Crippen molar-refractivity contribution >= 4 is 44.7 Å². The summed E-state index contributed by atoms with van der Waals surface area (Å²) in [7, 11) is 1.55. The van der Waals surface area contributed by atoms with Gasteiger partial charge in [-0.15, -0.1) is 0 Å². The monoisotopic (exact) mass is 344 g/mol. The number of hydrogen-bond acceptors (Lipinski definition) is 3. The number of halogens is 1. The number of carbonyl (C=O) groups is 1. The van der Waals surface area contributed by atoms with E-state index in [9.17, 15) is 4.79 Å². The van der Waals surface area contributed by atoms with E-state index in [0.29, 0.717) is 11.4 Å². The van der Waals surface area contributed by atoms with Crippen molar-refractivity contribution in [2.75, 3.05) is 12.4 Å². The van der Waals surface area contributed by atoms with E-state index in [1.807, 2.05) is 19.9 Å². The first-order valence-electron chi connectivity index (χ1n) is 5.80. The highest BCUT2D eigenvalue weighted by Crippen LogP contribution is 2.28. The van der Waals surface area contributed by atoms with Crippen LogP contribution in [0.3, 0.4) is 0 Å². The lowest BCUT2D eigenvalue weighted by molar-refractivity contribution is -0.118. The molecule has 0 fully saturated rings. The normalized spacial score (nSPS) is 12.1. The Morgan fingerprint density at radius 1 is 1.47 bits per heavy atom. The topological polar surface area (TPSA) is 64.3 Å². The number of benzene rings is 1. The van der Waals surface area contributed by atoms with Crippen molar-refractivity contribution in [1.82, 2.24) is 0 Å². The zero-order chi connectivity index (χ0) is 14.6. The molecule has 0 aromatic heterocycles. The molecule has 1 amide bonds. The van der Waals surface area contributed by atoms with Crippen LogP contribution in [0, 0.1) is 11.8 Å². The van der Waals surface area contributed by atoms with E-state index in [2.05, 4.69) is 21.2 Å². The lowest BCUT2D eigenvalue weighted by atomic mass is 9.95. The van der Waals surface area contributed by atoms with Crippen LogP contribution in [0.4, 0.5) is 5.69 Å². The minimum atomic E-state index is -0.501. The number of carbonyl (C=O) groups excluding carboxylic acids is 1. The van der Waals surface area contributed by atoms with Gasteiger partial charge in [0.05, 0.1) is 23.7 Å². The minimum absolute atomic E-state index is 0.0376. The average Bonchev–Trinajstić information content (AvgIpc) is 2.27. The molecule has 1 rings (SSSR count). The van der Waals surface area contributed by atoms with Gasteiger partial charge in [-0.2, -0.15) is 0 Å². The SMILES string of the molecule is COc1ccc(Br)cc1NC(=O)C(C(N)=S)C(C)C. The highest BCUT2D eigenvalue weighted by Gasteiger charge is 2.25. The minimum Gasteiger partial charge on any atom is -0.495 e. The molecule has 0 aliphatic rings. The molecular formula is C13H17BrN2O2S. The number of amides is 1. The molecule has 0 aliphatic carbocycles. The van der Waals surface area contributed by atoms with Crippen molar-refractivity contribution < 1.29 is 9.53 Å². The predicted octanol–water partition coefficient (Wildman–Crippen LogP) is 2.95. The number of thiocarbonyl (C=S) groups is 1. The summed E-state index contributed by atoms with van der Waals surface area (Å²) in [6.45, 7) is 3.81. The molecule has 0 aliphatic heterocycles. The number of methoxy groups -OCH3 is 1. The fourth-order valence-corrected chi connectivity index (χ4v) is 2.49. The fourth-order valence-electron chi connectivity index (χ4n) is 1.75. The van der Waals surface area contributed by atoms with Crippen molar-refractivity contribution in [3.8, 4) is 5.75 Å². The van der Waals surface area contributed by atoms with E-state index in [1.165, 1.54) is 0 Å². The van der Waals surface area contributed by atoms with Crippen LogP contribution in [0.1, 0.15) is 13.8 Å². The summed E-state index contributed by atoms with van der Waals surface area (Å²) in [6.07, 6.45) is 0. The summed E-state index contributed by atoms with van der Waals surface area (Å²) in [5.41, 5.74) is 6.21. The van der Waals surface area contributed by atoms with E-state index in [0.717, 1.165) is 4.47 Å². The summed E-state index contributed by atoms with van der Waals surface area (Å²) in [5, 5.41) is 2.80. The maximum atomic E-state index is 12.2. The molecule has 0 bridgehead atoms. The second-order valence-corrected chi connectivity index (χ2v) is 5.84. The lowest BCUT2D eigenvalue weighted by Crippen LogP contribution is -2.36. The fraction of sp³-hybridized carbons (Fsp3) is 0.385. The van der Waals surface area contributed by atoms with Crippen LogP contribution in [0.25, 0.3) is 0 Å². The Kier molecular flexibility index (Phi) is 5.75. The van der Waals surface area contributed by atoms with E-state index in [-0.39, 0.29) is 16.8 Å². The third-order valence-electron chi connectivity index (χ3n) is 2.68. The molecule has 6 heteroatoms. The molecule has 1 atom stereocenters. The van der Waals surface area contributed by atoms with E-state index >= 15 is 0 Å². The summed E-state index contributed by atoms with van der Waals surface area (Å²) in [5.74, 6) is -0.102. The smallest absolute Gasteiger partial charge is 0.234 e. The molecule has 0 radical (unpaired) electrons. The molecule has 0 saturated carbocycles. The van der Waals surface area contributed by atoms with Gasteiger partial charge in [-0.05, 0) is 24.1 Å².